The highest BCUT2D eigenvalue weighted by molar-refractivity contribution is 7.20. The van der Waals surface area contributed by atoms with Crippen LogP contribution in [0.3, 0.4) is 0 Å². The predicted molar refractivity (Wildman–Crippen MR) is 50.4 cm³/mol. The number of rotatable bonds is 2. The maximum atomic E-state index is 8.55. The molecular weight excluding hydrogens is 189 g/mol. The molecule has 0 bridgehead atoms. The van der Waals surface area contributed by atoms with E-state index < -0.39 is 7.32 Å². The molecule has 66 valence electrons. The summed E-state index contributed by atoms with van der Waals surface area (Å²) in [5.74, 6) is 0. The summed E-state index contributed by atoms with van der Waals surface area (Å²) in [5, 5.41) is 18.5. The first-order valence-corrected chi connectivity index (χ1v) is 4.45. The van der Waals surface area contributed by atoms with Crippen LogP contribution in [-0.2, 0) is 0 Å². The van der Waals surface area contributed by atoms with Crippen LogP contribution in [0.4, 0.5) is 0 Å². The highest BCUT2D eigenvalue weighted by Gasteiger charge is 2.13. The van der Waals surface area contributed by atoms with Crippen molar-refractivity contribution in [3.8, 4) is 5.06 Å². The average molecular weight is 195 g/mol. The minimum absolute atomic E-state index is 0.448. The first-order chi connectivity index (χ1) is 6.25. The van der Waals surface area contributed by atoms with Crippen molar-refractivity contribution in [3.05, 3.63) is 24.4 Å². The van der Waals surface area contributed by atoms with Gasteiger partial charge in [-0.2, -0.15) is 0 Å². The number of pyridine rings is 1. The molecule has 0 radical (unpaired) electrons. The lowest BCUT2D eigenvalue weighted by Crippen LogP contribution is -2.19. The molecule has 0 aromatic carbocycles. The molecule has 0 fully saturated rings. The Balaban J connectivity index is 2.38. The second-order valence-electron chi connectivity index (χ2n) is 2.41. The van der Waals surface area contributed by atoms with Gasteiger partial charge in [-0.1, -0.05) is 17.4 Å². The van der Waals surface area contributed by atoms with Gasteiger partial charge in [0.05, 0.1) is 0 Å². The van der Waals surface area contributed by atoms with E-state index in [2.05, 4.69) is 9.64 Å². The van der Waals surface area contributed by atoms with Crippen molar-refractivity contribution in [2.24, 2.45) is 0 Å². The van der Waals surface area contributed by atoms with Crippen molar-refractivity contribution in [1.82, 2.24) is 4.98 Å². The Morgan fingerprint density at radius 3 is 3.00 bits per heavy atom. The minimum atomic E-state index is -1.77. The van der Waals surface area contributed by atoms with Crippen molar-refractivity contribution in [3.63, 3.8) is 0 Å². The number of aromatic nitrogens is 1. The van der Waals surface area contributed by atoms with Crippen LogP contribution in [0.15, 0.2) is 24.4 Å². The molecule has 2 aromatic heterocycles. The zero-order chi connectivity index (χ0) is 9.26. The van der Waals surface area contributed by atoms with Gasteiger partial charge in [-0.3, -0.25) is 0 Å². The zero-order valence-corrected chi connectivity index (χ0v) is 7.36. The summed E-state index contributed by atoms with van der Waals surface area (Å²) in [5.41, 5.74) is 0. The van der Waals surface area contributed by atoms with Gasteiger partial charge < -0.3 is 14.7 Å². The molecule has 0 aliphatic carbocycles. The Hall–Kier alpha value is -1.11. The molecule has 2 N–H and O–H groups in total. The molecule has 0 atom stereocenters. The van der Waals surface area contributed by atoms with Crippen molar-refractivity contribution >= 4 is 28.9 Å². The highest BCUT2D eigenvalue weighted by atomic mass is 32.1. The predicted octanol–water partition coefficient (Wildman–Crippen LogP) is 0.645. The standard InChI is InChI=1S/C7H6BNO3S/c10-8(11)12-6-4-5-2-1-3-9-7(5)13-6/h1-4,10-11H. The average Bonchev–Trinajstić information content (AvgIpc) is 2.44. The fraction of sp³-hybridized carbons (Fsp3) is 0. The third kappa shape index (κ3) is 1.80. The Morgan fingerprint density at radius 1 is 1.46 bits per heavy atom. The summed E-state index contributed by atoms with van der Waals surface area (Å²) in [4.78, 5) is 4.90. The third-order valence-corrected chi connectivity index (χ3v) is 2.44. The van der Waals surface area contributed by atoms with Crippen LogP contribution in [-0.4, -0.2) is 22.4 Å². The van der Waals surface area contributed by atoms with E-state index in [1.807, 2.05) is 12.1 Å². The molecule has 0 saturated carbocycles. The summed E-state index contributed by atoms with van der Waals surface area (Å²) in [7, 11) is -1.77. The van der Waals surface area contributed by atoms with Gasteiger partial charge in [0, 0.05) is 11.6 Å². The summed E-state index contributed by atoms with van der Waals surface area (Å²) in [6, 6.07) is 5.41. The quantitative estimate of drug-likeness (QED) is 0.690. The molecule has 0 spiro atoms. The fourth-order valence-corrected chi connectivity index (χ4v) is 1.88. The van der Waals surface area contributed by atoms with Crippen LogP contribution in [0.25, 0.3) is 10.2 Å². The van der Waals surface area contributed by atoms with Crippen LogP contribution in [0.5, 0.6) is 5.06 Å². The molecule has 0 aliphatic heterocycles. The van der Waals surface area contributed by atoms with Crippen molar-refractivity contribution < 1.29 is 14.7 Å². The van der Waals surface area contributed by atoms with Gasteiger partial charge in [-0.05, 0) is 12.1 Å². The second-order valence-corrected chi connectivity index (χ2v) is 3.40. The Bertz CT molecular complexity index is 384. The topological polar surface area (TPSA) is 62.6 Å². The molecule has 0 aliphatic rings. The first kappa shape index (κ1) is 8.49. The molecule has 6 heteroatoms. The van der Waals surface area contributed by atoms with Crippen LogP contribution in [0.1, 0.15) is 0 Å². The first-order valence-electron chi connectivity index (χ1n) is 3.63. The van der Waals surface area contributed by atoms with E-state index in [0.29, 0.717) is 5.06 Å². The molecule has 4 nitrogen and oxygen atoms in total. The van der Waals surface area contributed by atoms with Gasteiger partial charge in [0.15, 0.2) is 5.06 Å². The van der Waals surface area contributed by atoms with Crippen molar-refractivity contribution in [2.45, 2.75) is 0 Å². The molecule has 2 aromatic rings. The van der Waals surface area contributed by atoms with Crippen LogP contribution >= 0.6 is 11.3 Å². The monoisotopic (exact) mass is 195 g/mol. The lowest BCUT2D eigenvalue weighted by molar-refractivity contribution is 0.292. The number of nitrogens with zero attached hydrogens (tertiary/aromatic N) is 1. The van der Waals surface area contributed by atoms with Crippen LogP contribution in [0, 0.1) is 0 Å². The van der Waals surface area contributed by atoms with E-state index in [-0.39, 0.29) is 0 Å². The SMILES string of the molecule is OB(O)Oc1cc2cccnc2s1. The van der Waals surface area contributed by atoms with E-state index in [0.717, 1.165) is 10.2 Å². The Labute approximate surface area is 78.6 Å². The second kappa shape index (κ2) is 3.33. The Morgan fingerprint density at radius 2 is 2.31 bits per heavy atom. The normalized spacial score (nSPS) is 10.3. The van der Waals surface area contributed by atoms with E-state index in [9.17, 15) is 0 Å². The zero-order valence-electron chi connectivity index (χ0n) is 6.54. The molecule has 0 amide bonds. The van der Waals surface area contributed by atoms with Gasteiger partial charge in [-0.15, -0.1) is 0 Å². The number of fused-ring (bicyclic) bond motifs is 1. The number of hydrogen-bond donors (Lipinski definition) is 2. The molecule has 2 heterocycles. The van der Waals surface area contributed by atoms with E-state index in [1.54, 1.807) is 12.3 Å². The molecule has 2 rings (SSSR count). The minimum Gasteiger partial charge on any atom is -0.504 e. The maximum absolute atomic E-state index is 8.55. The highest BCUT2D eigenvalue weighted by Crippen LogP contribution is 2.29. The van der Waals surface area contributed by atoms with Crippen molar-refractivity contribution in [2.75, 3.05) is 0 Å². The molecular formula is C7H6BNO3S. The summed E-state index contributed by atoms with van der Waals surface area (Å²) >= 11 is 1.27. The summed E-state index contributed by atoms with van der Waals surface area (Å²) in [6.45, 7) is 0. The van der Waals surface area contributed by atoms with Gasteiger partial charge in [0.1, 0.15) is 4.83 Å². The maximum Gasteiger partial charge on any atom is 0.708 e. The lowest BCUT2D eigenvalue weighted by atomic mass is 10.3. The smallest absolute Gasteiger partial charge is 0.504 e. The van der Waals surface area contributed by atoms with E-state index in [4.69, 9.17) is 10.0 Å². The molecule has 13 heavy (non-hydrogen) atoms. The molecule has 0 unspecified atom stereocenters. The third-order valence-electron chi connectivity index (χ3n) is 1.49. The lowest BCUT2D eigenvalue weighted by Gasteiger charge is -1.97. The number of thiophene rings is 1. The summed E-state index contributed by atoms with van der Waals surface area (Å²) < 4.78 is 4.69. The van der Waals surface area contributed by atoms with Gasteiger partial charge in [-0.25, -0.2) is 4.98 Å². The largest absolute Gasteiger partial charge is 0.708 e. The van der Waals surface area contributed by atoms with Crippen LogP contribution in [0.2, 0.25) is 0 Å². The van der Waals surface area contributed by atoms with Gasteiger partial charge in [0.2, 0.25) is 0 Å². The molecule has 0 saturated heterocycles. The van der Waals surface area contributed by atoms with Crippen LogP contribution < -0.4 is 4.65 Å². The number of hydrogen-bond acceptors (Lipinski definition) is 5. The van der Waals surface area contributed by atoms with E-state index in [1.165, 1.54) is 11.3 Å². The Kier molecular flexibility index (Phi) is 2.18. The fourth-order valence-electron chi connectivity index (χ4n) is 1.01. The van der Waals surface area contributed by atoms with Crippen molar-refractivity contribution in [1.29, 1.82) is 0 Å². The van der Waals surface area contributed by atoms with E-state index >= 15 is 0 Å². The van der Waals surface area contributed by atoms with Gasteiger partial charge in [0.25, 0.3) is 0 Å². The van der Waals surface area contributed by atoms with Gasteiger partial charge >= 0.3 is 7.32 Å². The summed E-state index contributed by atoms with van der Waals surface area (Å²) in [6.07, 6.45) is 1.68.